The van der Waals surface area contributed by atoms with E-state index in [9.17, 15) is 9.18 Å². The molecular weight excluding hydrogens is 467 g/mol. The molecule has 3 aromatic rings. The highest BCUT2D eigenvalue weighted by molar-refractivity contribution is 5.72. The number of carbonyl (C=O) groups is 1. The molecule has 0 aliphatic carbocycles. The first-order chi connectivity index (χ1) is 17.7. The van der Waals surface area contributed by atoms with Gasteiger partial charge >= 0.3 is 5.97 Å². The van der Waals surface area contributed by atoms with Crippen LogP contribution in [-0.4, -0.2) is 20.2 Å². The van der Waals surface area contributed by atoms with E-state index < -0.39 is 0 Å². The van der Waals surface area contributed by atoms with Crippen molar-refractivity contribution in [3.05, 3.63) is 83.2 Å². The van der Waals surface area contributed by atoms with Crippen molar-refractivity contribution in [3.8, 4) is 22.6 Å². The van der Waals surface area contributed by atoms with Crippen LogP contribution in [0.4, 0.5) is 4.39 Å². The molecule has 0 N–H and O–H groups in total. The van der Waals surface area contributed by atoms with Gasteiger partial charge in [0, 0.05) is 5.56 Å². The SMILES string of the molecule is CCCCC(CC(=O)OC)c1ccc(OCc2ccc(C(C)(C)C)c(-c3cc(OC)ccc3F)c2)cc1. The average Bonchev–Trinajstić information content (AvgIpc) is 2.89. The number of carbonyl (C=O) groups excluding carboxylic acids is 1. The first-order valence-electron chi connectivity index (χ1n) is 12.9. The summed E-state index contributed by atoms with van der Waals surface area (Å²) >= 11 is 0. The normalized spacial score (nSPS) is 12.2. The second-order valence-corrected chi connectivity index (χ2v) is 10.5. The molecule has 0 fully saturated rings. The number of hydrogen-bond acceptors (Lipinski definition) is 4. The summed E-state index contributed by atoms with van der Waals surface area (Å²) in [7, 11) is 3.01. The van der Waals surface area contributed by atoms with Crippen LogP contribution in [0, 0.1) is 5.82 Å². The van der Waals surface area contributed by atoms with Crippen LogP contribution in [0.25, 0.3) is 11.1 Å². The highest BCUT2D eigenvalue weighted by Crippen LogP contribution is 2.37. The summed E-state index contributed by atoms with van der Waals surface area (Å²) in [5.41, 5.74) is 4.29. The molecule has 0 aliphatic rings. The molecule has 0 saturated heterocycles. The number of rotatable bonds is 11. The third-order valence-corrected chi connectivity index (χ3v) is 6.66. The highest BCUT2D eigenvalue weighted by atomic mass is 19.1. The zero-order valence-electron chi connectivity index (χ0n) is 22.9. The molecule has 3 rings (SSSR count). The fraction of sp³-hybridized carbons (Fsp3) is 0.406. The van der Waals surface area contributed by atoms with Crippen LogP contribution in [0.15, 0.2) is 60.7 Å². The quantitative estimate of drug-likeness (QED) is 0.246. The van der Waals surface area contributed by atoms with E-state index >= 15 is 0 Å². The molecular formula is C32H39FO4. The van der Waals surface area contributed by atoms with Crippen LogP contribution in [0.3, 0.4) is 0 Å². The lowest BCUT2D eigenvalue weighted by atomic mass is 9.81. The topological polar surface area (TPSA) is 44.8 Å². The van der Waals surface area contributed by atoms with E-state index in [1.165, 1.54) is 13.2 Å². The molecule has 0 aromatic heterocycles. The molecule has 5 heteroatoms. The summed E-state index contributed by atoms with van der Waals surface area (Å²) in [4.78, 5) is 11.9. The van der Waals surface area contributed by atoms with E-state index in [4.69, 9.17) is 14.2 Å². The number of hydrogen-bond donors (Lipinski definition) is 0. The summed E-state index contributed by atoms with van der Waals surface area (Å²) in [6, 6.07) is 18.8. The summed E-state index contributed by atoms with van der Waals surface area (Å²) in [5.74, 6) is 1.01. The summed E-state index contributed by atoms with van der Waals surface area (Å²) < 4.78 is 31.2. The maximum atomic E-state index is 14.9. The molecule has 0 amide bonds. The molecule has 0 heterocycles. The van der Waals surface area contributed by atoms with E-state index in [2.05, 4.69) is 33.8 Å². The van der Waals surface area contributed by atoms with Crippen molar-refractivity contribution in [2.45, 2.75) is 71.3 Å². The van der Waals surface area contributed by atoms with E-state index in [1.54, 1.807) is 19.2 Å². The Morgan fingerprint density at radius 2 is 1.62 bits per heavy atom. The van der Waals surface area contributed by atoms with Crippen LogP contribution in [0.1, 0.15) is 76.0 Å². The first kappa shape index (κ1) is 28.2. The van der Waals surface area contributed by atoms with Gasteiger partial charge in [-0.3, -0.25) is 4.79 Å². The van der Waals surface area contributed by atoms with Crippen molar-refractivity contribution in [3.63, 3.8) is 0 Å². The Kier molecular flexibility index (Phi) is 9.73. The maximum Gasteiger partial charge on any atom is 0.306 e. The van der Waals surface area contributed by atoms with E-state index in [1.807, 2.05) is 36.4 Å². The number of esters is 1. The number of ether oxygens (including phenoxy) is 3. The smallest absolute Gasteiger partial charge is 0.306 e. The zero-order valence-corrected chi connectivity index (χ0v) is 22.9. The molecule has 0 saturated carbocycles. The van der Waals surface area contributed by atoms with Gasteiger partial charge < -0.3 is 14.2 Å². The third-order valence-electron chi connectivity index (χ3n) is 6.66. The lowest BCUT2D eigenvalue weighted by Crippen LogP contribution is -2.13. The lowest BCUT2D eigenvalue weighted by Gasteiger charge is -2.24. The van der Waals surface area contributed by atoms with E-state index in [-0.39, 0.29) is 23.1 Å². The summed E-state index contributed by atoms with van der Waals surface area (Å²) in [5, 5.41) is 0. The fourth-order valence-corrected chi connectivity index (χ4v) is 4.52. The molecule has 0 spiro atoms. The largest absolute Gasteiger partial charge is 0.497 e. The summed E-state index contributed by atoms with van der Waals surface area (Å²) in [6.07, 6.45) is 3.45. The van der Waals surface area contributed by atoms with Gasteiger partial charge in [-0.05, 0) is 76.4 Å². The number of halogens is 1. The third kappa shape index (κ3) is 7.58. The second kappa shape index (κ2) is 12.8. The lowest BCUT2D eigenvalue weighted by molar-refractivity contribution is -0.141. The van der Waals surface area contributed by atoms with Crippen LogP contribution >= 0.6 is 0 Å². The molecule has 198 valence electrons. The van der Waals surface area contributed by atoms with Gasteiger partial charge in [0.15, 0.2) is 0 Å². The van der Waals surface area contributed by atoms with Crippen LogP contribution in [-0.2, 0) is 21.6 Å². The van der Waals surface area contributed by atoms with Gasteiger partial charge in [-0.2, -0.15) is 0 Å². The van der Waals surface area contributed by atoms with E-state index in [0.717, 1.165) is 47.3 Å². The number of unbranched alkanes of at least 4 members (excludes halogenated alkanes) is 1. The Morgan fingerprint density at radius 3 is 2.24 bits per heavy atom. The minimum atomic E-state index is -0.287. The van der Waals surface area contributed by atoms with E-state index in [0.29, 0.717) is 24.3 Å². The van der Waals surface area contributed by atoms with Crippen molar-refractivity contribution in [1.29, 1.82) is 0 Å². The zero-order chi connectivity index (χ0) is 27.0. The van der Waals surface area contributed by atoms with Gasteiger partial charge in [0.25, 0.3) is 0 Å². The maximum absolute atomic E-state index is 14.9. The Hall–Kier alpha value is -3.34. The van der Waals surface area contributed by atoms with Crippen molar-refractivity contribution in [2.75, 3.05) is 14.2 Å². The molecule has 1 unspecified atom stereocenters. The highest BCUT2D eigenvalue weighted by Gasteiger charge is 2.22. The van der Waals surface area contributed by atoms with Crippen LogP contribution in [0.5, 0.6) is 11.5 Å². The Balaban J connectivity index is 1.81. The molecule has 0 bridgehead atoms. The minimum Gasteiger partial charge on any atom is -0.497 e. The van der Waals surface area contributed by atoms with Gasteiger partial charge in [-0.15, -0.1) is 0 Å². The molecule has 1 atom stereocenters. The van der Waals surface area contributed by atoms with Crippen LogP contribution in [0.2, 0.25) is 0 Å². The van der Waals surface area contributed by atoms with Gasteiger partial charge in [-0.1, -0.05) is 64.8 Å². The Labute approximate surface area is 220 Å². The second-order valence-electron chi connectivity index (χ2n) is 10.5. The average molecular weight is 507 g/mol. The Bertz CT molecular complexity index is 1180. The van der Waals surface area contributed by atoms with Gasteiger partial charge in [0.05, 0.1) is 20.6 Å². The monoisotopic (exact) mass is 506 g/mol. The van der Waals surface area contributed by atoms with Crippen LogP contribution < -0.4 is 9.47 Å². The van der Waals surface area contributed by atoms with Crippen molar-refractivity contribution in [2.24, 2.45) is 0 Å². The number of methoxy groups -OCH3 is 2. The number of benzene rings is 3. The summed E-state index contributed by atoms with van der Waals surface area (Å²) in [6.45, 7) is 8.86. The Morgan fingerprint density at radius 1 is 0.919 bits per heavy atom. The molecule has 3 aromatic carbocycles. The molecule has 0 radical (unpaired) electrons. The molecule has 4 nitrogen and oxygen atoms in total. The predicted molar refractivity (Wildman–Crippen MR) is 147 cm³/mol. The molecule has 37 heavy (non-hydrogen) atoms. The fourth-order valence-electron chi connectivity index (χ4n) is 4.52. The van der Waals surface area contributed by atoms with Crippen molar-refractivity contribution in [1.82, 2.24) is 0 Å². The molecule has 0 aliphatic heterocycles. The standard InChI is InChI=1S/C32H39FO4/c1-7-8-9-24(19-31(34)36-6)23-11-13-25(14-12-23)37-21-22-10-16-29(32(2,3)4)27(18-22)28-20-26(35-5)15-17-30(28)33/h10-18,20,24H,7-9,19,21H2,1-6H3. The predicted octanol–water partition coefficient (Wildman–Crippen LogP) is 8.21. The van der Waals surface area contributed by atoms with Gasteiger partial charge in [-0.25, -0.2) is 4.39 Å². The first-order valence-corrected chi connectivity index (χ1v) is 12.9. The minimum absolute atomic E-state index is 0.131. The van der Waals surface area contributed by atoms with Crippen molar-refractivity contribution >= 4 is 5.97 Å². The van der Waals surface area contributed by atoms with Gasteiger partial charge in [0.1, 0.15) is 23.9 Å². The van der Waals surface area contributed by atoms with Crippen molar-refractivity contribution < 1.29 is 23.4 Å². The van der Waals surface area contributed by atoms with Gasteiger partial charge in [0.2, 0.25) is 0 Å².